The van der Waals surface area contributed by atoms with Crippen LogP contribution in [0.25, 0.3) is 11.4 Å². The van der Waals surface area contributed by atoms with Gasteiger partial charge in [0.25, 0.3) is 0 Å². The van der Waals surface area contributed by atoms with E-state index in [1.165, 1.54) is 0 Å². The van der Waals surface area contributed by atoms with E-state index in [4.69, 9.17) is 0 Å². The Morgan fingerprint density at radius 2 is 2.24 bits per heavy atom. The molecule has 2 aromatic heterocycles. The summed E-state index contributed by atoms with van der Waals surface area (Å²) in [5.41, 5.74) is 3.19. The summed E-state index contributed by atoms with van der Waals surface area (Å²) in [6, 6.07) is 5.63. The number of hydrogen-bond donors (Lipinski definition) is 2. The van der Waals surface area contributed by atoms with Gasteiger partial charge in [-0.25, -0.2) is 4.79 Å². The molecule has 0 unspecified atom stereocenters. The summed E-state index contributed by atoms with van der Waals surface area (Å²) in [5, 5.41) is 3.23. The van der Waals surface area contributed by atoms with Crippen LogP contribution in [0.3, 0.4) is 0 Å². The molecular formula is C12H12N4O. The zero-order valence-electron chi connectivity index (χ0n) is 9.23. The lowest BCUT2D eigenvalue weighted by Gasteiger charge is -2.18. The standard InChI is InChI=1S/C12H12N4O/c17-12-15-10-7-13-6-4-8(10)11(16-12)9-3-1-2-5-14-9/h1-3,5,13H,4,6-7H2,(H,15,16,17). The van der Waals surface area contributed by atoms with Gasteiger partial charge in [0.15, 0.2) is 0 Å². The third-order valence-corrected chi connectivity index (χ3v) is 2.88. The van der Waals surface area contributed by atoms with Crippen LogP contribution in [0.15, 0.2) is 29.2 Å². The summed E-state index contributed by atoms with van der Waals surface area (Å²) >= 11 is 0. The van der Waals surface area contributed by atoms with Crippen molar-refractivity contribution in [3.8, 4) is 11.4 Å². The molecule has 0 bridgehead atoms. The van der Waals surface area contributed by atoms with Crippen molar-refractivity contribution in [1.82, 2.24) is 20.3 Å². The second-order valence-corrected chi connectivity index (χ2v) is 3.99. The van der Waals surface area contributed by atoms with E-state index in [1.807, 2.05) is 18.2 Å². The maximum atomic E-state index is 11.5. The van der Waals surface area contributed by atoms with Crippen molar-refractivity contribution in [3.63, 3.8) is 0 Å². The molecule has 0 amide bonds. The van der Waals surface area contributed by atoms with E-state index in [0.717, 1.165) is 29.9 Å². The highest BCUT2D eigenvalue weighted by Gasteiger charge is 2.17. The van der Waals surface area contributed by atoms with Crippen LogP contribution in [0.5, 0.6) is 0 Å². The lowest BCUT2D eigenvalue weighted by molar-refractivity contribution is 0.620. The molecule has 0 spiro atoms. The van der Waals surface area contributed by atoms with Crippen LogP contribution in [0.1, 0.15) is 11.3 Å². The van der Waals surface area contributed by atoms with E-state index < -0.39 is 0 Å². The highest BCUT2D eigenvalue weighted by molar-refractivity contribution is 5.59. The quantitative estimate of drug-likeness (QED) is 0.744. The molecule has 5 heteroatoms. The van der Waals surface area contributed by atoms with Gasteiger partial charge in [-0.1, -0.05) is 6.07 Å². The molecule has 2 aromatic rings. The summed E-state index contributed by atoms with van der Waals surface area (Å²) in [7, 11) is 0. The highest BCUT2D eigenvalue weighted by Crippen LogP contribution is 2.21. The summed E-state index contributed by atoms with van der Waals surface area (Å²) < 4.78 is 0. The van der Waals surface area contributed by atoms with Crippen LogP contribution in [-0.2, 0) is 13.0 Å². The highest BCUT2D eigenvalue weighted by atomic mass is 16.1. The Kier molecular flexibility index (Phi) is 2.45. The molecular weight excluding hydrogens is 216 g/mol. The molecule has 3 heterocycles. The molecule has 0 fully saturated rings. The molecule has 17 heavy (non-hydrogen) atoms. The average Bonchev–Trinajstić information content (AvgIpc) is 2.39. The van der Waals surface area contributed by atoms with Crippen molar-refractivity contribution in [2.24, 2.45) is 0 Å². The van der Waals surface area contributed by atoms with Crippen LogP contribution in [-0.4, -0.2) is 21.5 Å². The normalized spacial score (nSPS) is 14.4. The predicted octanol–water partition coefficient (Wildman–Crippen LogP) is 0.478. The number of H-pyrrole nitrogens is 1. The first kappa shape index (κ1) is 10.2. The molecule has 0 saturated carbocycles. The third kappa shape index (κ3) is 1.85. The molecule has 0 radical (unpaired) electrons. The molecule has 1 aliphatic rings. The monoisotopic (exact) mass is 228 g/mol. The zero-order valence-corrected chi connectivity index (χ0v) is 9.23. The maximum absolute atomic E-state index is 11.5. The molecule has 0 aliphatic carbocycles. The van der Waals surface area contributed by atoms with Crippen LogP contribution in [0, 0.1) is 0 Å². The van der Waals surface area contributed by atoms with Crippen molar-refractivity contribution >= 4 is 0 Å². The van der Waals surface area contributed by atoms with Gasteiger partial charge in [-0.05, 0) is 25.1 Å². The van der Waals surface area contributed by atoms with E-state index in [-0.39, 0.29) is 5.69 Å². The van der Waals surface area contributed by atoms with Gasteiger partial charge in [0.2, 0.25) is 0 Å². The van der Waals surface area contributed by atoms with Gasteiger partial charge < -0.3 is 10.3 Å². The first-order valence-electron chi connectivity index (χ1n) is 5.59. The number of pyridine rings is 1. The Bertz CT molecular complexity index is 591. The van der Waals surface area contributed by atoms with E-state index in [2.05, 4.69) is 20.3 Å². The fraction of sp³-hybridized carbons (Fsp3) is 0.250. The lowest BCUT2D eigenvalue weighted by Crippen LogP contribution is -2.29. The summed E-state index contributed by atoms with van der Waals surface area (Å²) in [6.07, 6.45) is 2.58. The second-order valence-electron chi connectivity index (χ2n) is 3.99. The summed E-state index contributed by atoms with van der Waals surface area (Å²) in [4.78, 5) is 22.6. The summed E-state index contributed by atoms with van der Waals surface area (Å²) in [5.74, 6) is 0. The molecule has 0 aromatic carbocycles. The SMILES string of the molecule is O=c1nc(-c2ccccn2)c2c([nH]1)CNCC2. The Morgan fingerprint density at radius 1 is 1.29 bits per heavy atom. The minimum atomic E-state index is -0.312. The van der Waals surface area contributed by atoms with E-state index >= 15 is 0 Å². The van der Waals surface area contributed by atoms with Crippen molar-refractivity contribution < 1.29 is 0 Å². The molecule has 0 atom stereocenters. The molecule has 3 rings (SSSR count). The number of aromatic amines is 1. The van der Waals surface area contributed by atoms with E-state index in [9.17, 15) is 4.79 Å². The number of fused-ring (bicyclic) bond motifs is 1. The molecule has 2 N–H and O–H groups in total. The number of aromatic nitrogens is 3. The second kappa shape index (κ2) is 4.10. The average molecular weight is 228 g/mol. The van der Waals surface area contributed by atoms with Gasteiger partial charge in [-0.15, -0.1) is 0 Å². The maximum Gasteiger partial charge on any atom is 0.345 e. The van der Waals surface area contributed by atoms with Gasteiger partial charge in [-0.3, -0.25) is 4.98 Å². The zero-order chi connectivity index (χ0) is 11.7. The number of rotatable bonds is 1. The Labute approximate surface area is 97.9 Å². The number of hydrogen-bond acceptors (Lipinski definition) is 4. The van der Waals surface area contributed by atoms with Crippen LogP contribution in [0.4, 0.5) is 0 Å². The van der Waals surface area contributed by atoms with Crippen molar-refractivity contribution in [1.29, 1.82) is 0 Å². The Morgan fingerprint density at radius 3 is 3.06 bits per heavy atom. The third-order valence-electron chi connectivity index (χ3n) is 2.88. The molecule has 0 saturated heterocycles. The van der Waals surface area contributed by atoms with Crippen molar-refractivity contribution in [2.75, 3.05) is 6.54 Å². The first-order valence-corrected chi connectivity index (χ1v) is 5.59. The number of nitrogens with zero attached hydrogens (tertiary/aromatic N) is 2. The van der Waals surface area contributed by atoms with Crippen molar-refractivity contribution in [2.45, 2.75) is 13.0 Å². The Hall–Kier alpha value is -2.01. The topological polar surface area (TPSA) is 70.7 Å². The van der Waals surface area contributed by atoms with E-state index in [1.54, 1.807) is 6.20 Å². The van der Waals surface area contributed by atoms with Crippen LogP contribution in [0.2, 0.25) is 0 Å². The largest absolute Gasteiger partial charge is 0.345 e. The smallest absolute Gasteiger partial charge is 0.311 e. The van der Waals surface area contributed by atoms with Gasteiger partial charge in [-0.2, -0.15) is 4.98 Å². The van der Waals surface area contributed by atoms with E-state index in [0.29, 0.717) is 12.2 Å². The van der Waals surface area contributed by atoms with Crippen LogP contribution >= 0.6 is 0 Å². The Balaban J connectivity index is 2.22. The van der Waals surface area contributed by atoms with Gasteiger partial charge >= 0.3 is 5.69 Å². The molecule has 1 aliphatic heterocycles. The van der Waals surface area contributed by atoms with Gasteiger partial charge in [0.1, 0.15) is 0 Å². The first-order chi connectivity index (χ1) is 8.34. The number of nitrogens with one attached hydrogen (secondary N) is 2. The van der Waals surface area contributed by atoms with Gasteiger partial charge in [0.05, 0.1) is 11.4 Å². The predicted molar refractivity (Wildman–Crippen MR) is 63.5 cm³/mol. The van der Waals surface area contributed by atoms with Crippen LogP contribution < -0.4 is 11.0 Å². The molecule has 86 valence electrons. The fourth-order valence-electron chi connectivity index (χ4n) is 2.11. The van der Waals surface area contributed by atoms with Gasteiger partial charge in [0, 0.05) is 24.0 Å². The van der Waals surface area contributed by atoms with Crippen molar-refractivity contribution in [3.05, 3.63) is 46.1 Å². The lowest BCUT2D eigenvalue weighted by atomic mass is 10.0. The summed E-state index contributed by atoms with van der Waals surface area (Å²) in [6.45, 7) is 1.59. The fourth-order valence-corrected chi connectivity index (χ4v) is 2.11. The minimum absolute atomic E-state index is 0.312. The molecule has 5 nitrogen and oxygen atoms in total. The minimum Gasteiger partial charge on any atom is -0.311 e.